The first-order valence-corrected chi connectivity index (χ1v) is 6.16. The molecule has 0 atom stereocenters. The molecule has 0 aromatic heterocycles. The van der Waals surface area contributed by atoms with Gasteiger partial charge < -0.3 is 10.2 Å². The van der Waals surface area contributed by atoms with Crippen LogP contribution < -0.4 is 10.2 Å². The molecule has 1 aromatic rings. The largest absolute Gasteiger partial charge is 0.378 e. The van der Waals surface area contributed by atoms with Gasteiger partial charge in [0.1, 0.15) is 0 Å². The first kappa shape index (κ1) is 13.6. The molecular formula is C14H22N2O. The van der Waals surface area contributed by atoms with Crippen LogP contribution in [0.15, 0.2) is 24.3 Å². The number of carbonyl (C=O) groups is 1. The summed E-state index contributed by atoms with van der Waals surface area (Å²) >= 11 is 0. The van der Waals surface area contributed by atoms with Gasteiger partial charge >= 0.3 is 0 Å². The molecular weight excluding hydrogens is 212 g/mol. The van der Waals surface area contributed by atoms with Crippen LogP contribution in [0.2, 0.25) is 0 Å². The lowest BCUT2D eigenvalue weighted by molar-refractivity contribution is -0.121. The lowest BCUT2D eigenvalue weighted by Crippen LogP contribution is -2.22. The van der Waals surface area contributed by atoms with Crippen molar-refractivity contribution in [2.75, 3.05) is 19.0 Å². The molecule has 1 rings (SSSR count). The number of hydrogen-bond acceptors (Lipinski definition) is 2. The summed E-state index contributed by atoms with van der Waals surface area (Å²) in [6, 6.07) is 8.23. The molecule has 1 N–H and O–H groups in total. The third-order valence-corrected chi connectivity index (χ3v) is 2.70. The number of unbranched alkanes of at least 4 members (excludes halogenated alkanes) is 1. The van der Waals surface area contributed by atoms with Gasteiger partial charge in [0, 0.05) is 32.7 Å². The Hall–Kier alpha value is -1.51. The van der Waals surface area contributed by atoms with Gasteiger partial charge in [0.15, 0.2) is 0 Å². The average molecular weight is 234 g/mol. The van der Waals surface area contributed by atoms with Crippen LogP contribution in [-0.4, -0.2) is 20.0 Å². The Kier molecular flexibility index (Phi) is 5.53. The Labute approximate surface area is 104 Å². The molecule has 0 radical (unpaired) electrons. The molecule has 0 aliphatic carbocycles. The summed E-state index contributed by atoms with van der Waals surface area (Å²) in [5.41, 5.74) is 2.31. The van der Waals surface area contributed by atoms with Gasteiger partial charge in [-0.2, -0.15) is 0 Å². The van der Waals surface area contributed by atoms with Crippen molar-refractivity contribution in [3.63, 3.8) is 0 Å². The predicted octanol–water partition coefficient (Wildman–Crippen LogP) is 2.56. The van der Waals surface area contributed by atoms with E-state index in [4.69, 9.17) is 0 Å². The number of amides is 1. The van der Waals surface area contributed by atoms with Crippen molar-refractivity contribution in [3.05, 3.63) is 29.8 Å². The highest BCUT2D eigenvalue weighted by Crippen LogP contribution is 2.11. The van der Waals surface area contributed by atoms with Gasteiger partial charge in [-0.25, -0.2) is 0 Å². The minimum atomic E-state index is 0.142. The summed E-state index contributed by atoms with van der Waals surface area (Å²) in [6.07, 6.45) is 2.66. The zero-order chi connectivity index (χ0) is 12.7. The Morgan fingerprint density at radius 1 is 1.24 bits per heavy atom. The van der Waals surface area contributed by atoms with Crippen molar-refractivity contribution in [3.8, 4) is 0 Å². The molecule has 3 nitrogen and oxygen atoms in total. The number of rotatable bonds is 6. The van der Waals surface area contributed by atoms with Crippen LogP contribution in [0.5, 0.6) is 0 Å². The summed E-state index contributed by atoms with van der Waals surface area (Å²) in [5, 5.41) is 2.93. The molecule has 0 heterocycles. The minimum Gasteiger partial charge on any atom is -0.378 e. The maximum atomic E-state index is 11.4. The molecule has 0 saturated heterocycles. The fourth-order valence-corrected chi connectivity index (χ4v) is 1.54. The Morgan fingerprint density at radius 2 is 1.88 bits per heavy atom. The van der Waals surface area contributed by atoms with E-state index in [0.29, 0.717) is 13.0 Å². The maximum Gasteiger partial charge on any atom is 0.220 e. The van der Waals surface area contributed by atoms with Crippen LogP contribution in [0.3, 0.4) is 0 Å². The van der Waals surface area contributed by atoms with E-state index in [9.17, 15) is 4.79 Å². The van der Waals surface area contributed by atoms with Crippen molar-refractivity contribution >= 4 is 11.6 Å². The van der Waals surface area contributed by atoms with E-state index in [0.717, 1.165) is 18.4 Å². The molecule has 0 bridgehead atoms. The van der Waals surface area contributed by atoms with E-state index in [2.05, 4.69) is 41.4 Å². The molecule has 1 amide bonds. The number of carbonyl (C=O) groups excluding carboxylic acids is 1. The van der Waals surface area contributed by atoms with Crippen LogP contribution >= 0.6 is 0 Å². The summed E-state index contributed by atoms with van der Waals surface area (Å²) in [5.74, 6) is 0.142. The fraction of sp³-hybridized carbons (Fsp3) is 0.500. The predicted molar refractivity (Wildman–Crippen MR) is 72.1 cm³/mol. The first-order valence-electron chi connectivity index (χ1n) is 6.16. The molecule has 17 heavy (non-hydrogen) atoms. The second kappa shape index (κ2) is 6.94. The van der Waals surface area contributed by atoms with Crippen LogP contribution in [0.4, 0.5) is 5.69 Å². The van der Waals surface area contributed by atoms with Gasteiger partial charge in [-0.15, -0.1) is 0 Å². The van der Waals surface area contributed by atoms with Gasteiger partial charge in [-0.3, -0.25) is 4.79 Å². The average Bonchev–Trinajstić information content (AvgIpc) is 2.34. The van der Waals surface area contributed by atoms with Gasteiger partial charge in [0.2, 0.25) is 5.91 Å². The fourth-order valence-electron chi connectivity index (χ4n) is 1.54. The highest BCUT2D eigenvalue weighted by atomic mass is 16.1. The number of anilines is 1. The summed E-state index contributed by atoms with van der Waals surface area (Å²) in [4.78, 5) is 13.5. The standard InChI is InChI=1S/C14H22N2O/c1-4-5-6-14(17)15-11-12-7-9-13(10-8-12)16(2)3/h7-10H,4-6,11H2,1-3H3,(H,15,17). The van der Waals surface area contributed by atoms with Crippen LogP contribution in [-0.2, 0) is 11.3 Å². The van der Waals surface area contributed by atoms with Crippen molar-refractivity contribution in [2.24, 2.45) is 0 Å². The first-order chi connectivity index (χ1) is 8.13. The molecule has 1 aromatic carbocycles. The Morgan fingerprint density at radius 3 is 2.41 bits per heavy atom. The lowest BCUT2D eigenvalue weighted by Gasteiger charge is -2.12. The lowest BCUT2D eigenvalue weighted by atomic mass is 10.2. The summed E-state index contributed by atoms with van der Waals surface area (Å²) in [7, 11) is 4.03. The maximum absolute atomic E-state index is 11.4. The molecule has 94 valence electrons. The molecule has 0 unspecified atom stereocenters. The second-order valence-electron chi connectivity index (χ2n) is 4.44. The van der Waals surface area contributed by atoms with Crippen LogP contribution in [0.25, 0.3) is 0 Å². The van der Waals surface area contributed by atoms with E-state index in [-0.39, 0.29) is 5.91 Å². The van der Waals surface area contributed by atoms with Crippen molar-refractivity contribution in [1.29, 1.82) is 0 Å². The SMILES string of the molecule is CCCCC(=O)NCc1ccc(N(C)C)cc1. The number of nitrogens with one attached hydrogen (secondary N) is 1. The van der Waals surface area contributed by atoms with Gasteiger partial charge in [0.25, 0.3) is 0 Å². The monoisotopic (exact) mass is 234 g/mol. The van der Waals surface area contributed by atoms with E-state index in [1.54, 1.807) is 0 Å². The zero-order valence-corrected chi connectivity index (χ0v) is 11.0. The summed E-state index contributed by atoms with van der Waals surface area (Å²) < 4.78 is 0. The normalized spacial score (nSPS) is 10.1. The molecule has 0 spiro atoms. The quantitative estimate of drug-likeness (QED) is 0.820. The van der Waals surface area contributed by atoms with Crippen LogP contribution in [0.1, 0.15) is 31.7 Å². The molecule has 3 heteroatoms. The van der Waals surface area contributed by atoms with Crippen LogP contribution in [0, 0.1) is 0 Å². The zero-order valence-electron chi connectivity index (χ0n) is 11.0. The van der Waals surface area contributed by atoms with E-state index < -0.39 is 0 Å². The smallest absolute Gasteiger partial charge is 0.220 e. The Bertz CT molecular complexity index is 344. The van der Waals surface area contributed by atoms with E-state index >= 15 is 0 Å². The summed E-state index contributed by atoms with van der Waals surface area (Å²) in [6.45, 7) is 2.71. The number of benzene rings is 1. The van der Waals surface area contributed by atoms with Gasteiger partial charge in [0.05, 0.1) is 0 Å². The third kappa shape index (κ3) is 4.89. The topological polar surface area (TPSA) is 32.3 Å². The third-order valence-electron chi connectivity index (χ3n) is 2.70. The molecule has 0 aliphatic heterocycles. The molecule has 0 saturated carbocycles. The van der Waals surface area contributed by atoms with Gasteiger partial charge in [-0.1, -0.05) is 25.5 Å². The van der Waals surface area contributed by atoms with Gasteiger partial charge in [-0.05, 0) is 24.1 Å². The van der Waals surface area contributed by atoms with Crippen molar-refractivity contribution in [2.45, 2.75) is 32.7 Å². The molecule has 0 aliphatic rings. The highest BCUT2D eigenvalue weighted by Gasteiger charge is 2.00. The Balaban J connectivity index is 2.39. The van der Waals surface area contributed by atoms with E-state index in [1.807, 2.05) is 14.1 Å². The second-order valence-corrected chi connectivity index (χ2v) is 4.44. The highest BCUT2D eigenvalue weighted by molar-refractivity contribution is 5.75. The molecule has 0 fully saturated rings. The van der Waals surface area contributed by atoms with Crippen molar-refractivity contribution < 1.29 is 4.79 Å². The number of hydrogen-bond donors (Lipinski definition) is 1. The minimum absolute atomic E-state index is 0.142. The number of nitrogens with zero attached hydrogens (tertiary/aromatic N) is 1. The van der Waals surface area contributed by atoms with E-state index in [1.165, 1.54) is 5.69 Å². The van der Waals surface area contributed by atoms with Crippen molar-refractivity contribution in [1.82, 2.24) is 5.32 Å².